The largest absolute Gasteiger partial charge is 0.394 e. The highest BCUT2D eigenvalue weighted by atomic mass is 32.1. The van der Waals surface area contributed by atoms with Crippen LogP contribution in [-0.2, 0) is 79.4 Å². The second-order valence-electron chi connectivity index (χ2n) is 26.2. The zero-order valence-electron chi connectivity index (χ0n) is 55.0. The van der Waals surface area contributed by atoms with Crippen molar-refractivity contribution in [3.05, 3.63) is 50.4 Å². The van der Waals surface area contributed by atoms with Crippen LogP contribution in [0.25, 0.3) is 0 Å². The number of aromatic nitrogens is 2. The van der Waals surface area contributed by atoms with Gasteiger partial charge in [0.25, 0.3) is 5.91 Å². The fourth-order valence-corrected chi connectivity index (χ4v) is 15.1. The number of hydrogen-bond acceptors (Lipinski definition) is 42. The molecule has 26 heterocycles. The van der Waals surface area contributed by atoms with Crippen molar-refractivity contribution in [3.63, 3.8) is 0 Å². The topological polar surface area (TPSA) is 674 Å². The summed E-state index contributed by atoms with van der Waals surface area (Å²) in [5.41, 5.74) is 12.4. The van der Waals surface area contributed by atoms with E-state index in [4.69, 9.17) is 77.8 Å². The number of rotatable bonds is 6. The van der Waals surface area contributed by atoms with Crippen LogP contribution in [0.4, 0.5) is 17.1 Å². The number of nitrogens with zero attached hydrogens (tertiary/aromatic N) is 3. The van der Waals surface area contributed by atoms with Crippen molar-refractivity contribution in [1.82, 2.24) is 15.3 Å². The SMILES string of the molecule is NC(N)=Nc1cc2cc(c1)NCc1nc(cs1)C(=O)NCC1O[C@@H]3O[C@@H]4C(CO)O[C@H](O[C@@H]5C(CO)O[C@H](O[C@@H]6C(CCC(=O)c7csc(n7)CN2)O[C@H](O[C@@H]2C(CO)O[C@H](O[C@@H]7C(CO)O[C@H](O[C@@H]8C(CO)O[C@H](O[C@H]1C(O)C3O)C(O)C8O)C(O)C7O)C(O)C2O)C(O)C6O)C(O)C5O)C(O)C4O. The number of Topliss-reactive ketones (excluding diaryl/α,β-unsaturated/α-hetero) is 1. The lowest BCUT2D eigenvalue weighted by atomic mass is 9.93. The van der Waals surface area contributed by atoms with Crippen molar-refractivity contribution in [2.75, 3.05) is 50.2 Å². The molecule has 588 valence electrons. The third-order valence-electron chi connectivity index (χ3n) is 19.2. The molecule has 21 unspecified atom stereocenters. The maximum Gasteiger partial charge on any atom is 0.270 e. The molecule has 26 N–H and O–H groups in total. The van der Waals surface area contributed by atoms with E-state index < -0.39 is 279 Å². The number of ether oxygens (including phenoxy) is 14. The van der Waals surface area contributed by atoms with E-state index in [2.05, 4.69) is 30.9 Å². The minimum absolute atomic E-state index is 0.00900. The number of aliphatic hydroxyl groups is 19. The van der Waals surface area contributed by atoms with E-state index in [1.165, 1.54) is 10.8 Å². The van der Waals surface area contributed by atoms with E-state index in [0.29, 0.717) is 21.4 Å². The van der Waals surface area contributed by atoms with Crippen LogP contribution < -0.4 is 27.4 Å². The lowest BCUT2D eigenvalue weighted by Crippen LogP contribution is -2.68. The summed E-state index contributed by atoms with van der Waals surface area (Å²) >= 11 is 2.12. The van der Waals surface area contributed by atoms with Crippen molar-refractivity contribution in [1.29, 1.82) is 0 Å². The lowest BCUT2D eigenvalue weighted by Gasteiger charge is -2.50. The number of thiazole rings is 2. The van der Waals surface area contributed by atoms with Crippen LogP contribution in [0, 0.1) is 0 Å². The van der Waals surface area contributed by atoms with E-state index in [0.717, 1.165) is 22.7 Å². The van der Waals surface area contributed by atoms with Gasteiger partial charge in [0.15, 0.2) is 55.8 Å². The highest BCUT2D eigenvalue weighted by Crippen LogP contribution is 2.40. The number of amides is 1. The fourth-order valence-electron chi connectivity index (χ4n) is 13.6. The molecule has 0 aliphatic carbocycles. The number of aliphatic imine (C=N–C) groups is 1. The lowest BCUT2D eigenvalue weighted by molar-refractivity contribution is -0.396. The quantitative estimate of drug-likeness (QED) is 0.0805. The Morgan fingerprint density at radius 3 is 1.06 bits per heavy atom. The Kier molecular flexibility index (Phi) is 26.0. The van der Waals surface area contributed by atoms with E-state index in [1.54, 1.807) is 18.2 Å². The van der Waals surface area contributed by atoms with Gasteiger partial charge in [-0.3, -0.25) is 9.59 Å². The van der Waals surface area contributed by atoms with E-state index in [1.807, 2.05) is 0 Å². The summed E-state index contributed by atoms with van der Waals surface area (Å²) in [6, 6.07) is 4.86. The summed E-state index contributed by atoms with van der Waals surface area (Å²) in [6.45, 7) is -6.23. The molecule has 0 saturated carbocycles. The molecular formula is C60H86N8O35S2. The average molecular weight is 1540 g/mol. The molecule has 2 aromatic heterocycles. The molecule has 105 heavy (non-hydrogen) atoms. The number of aliphatic hydroxyl groups excluding tert-OH is 19. The van der Waals surface area contributed by atoms with Gasteiger partial charge in [-0.25, -0.2) is 15.0 Å². The molecule has 21 saturated heterocycles. The number of anilines is 2. The van der Waals surface area contributed by atoms with Crippen LogP contribution >= 0.6 is 22.7 Å². The average Bonchev–Trinajstić information content (AvgIpc) is 0.980. The van der Waals surface area contributed by atoms with Crippen LogP contribution in [0.2, 0.25) is 0 Å². The monoisotopic (exact) mass is 1540 g/mol. The Bertz CT molecular complexity index is 3380. The summed E-state index contributed by atoms with van der Waals surface area (Å²) in [5.74, 6) is -1.81. The predicted molar refractivity (Wildman–Crippen MR) is 341 cm³/mol. The molecule has 35 atom stereocenters. The zero-order valence-corrected chi connectivity index (χ0v) is 56.6. The number of carbonyl (C=O) groups is 2. The molecule has 0 radical (unpaired) electrons. The summed E-state index contributed by atoms with van der Waals surface area (Å²) < 4.78 is 83.4. The maximum absolute atomic E-state index is 14.2. The van der Waals surface area contributed by atoms with Gasteiger partial charge in [-0.15, -0.1) is 22.7 Å². The van der Waals surface area contributed by atoms with Crippen molar-refractivity contribution in [3.8, 4) is 0 Å². The van der Waals surface area contributed by atoms with Crippen molar-refractivity contribution >= 4 is 57.4 Å². The van der Waals surface area contributed by atoms with Gasteiger partial charge in [0.2, 0.25) is 0 Å². The van der Waals surface area contributed by atoms with Gasteiger partial charge >= 0.3 is 0 Å². The fraction of sp³-hybridized carbons (Fsp3) is 0.750. The van der Waals surface area contributed by atoms with Crippen molar-refractivity contribution in [2.45, 2.75) is 241 Å². The van der Waals surface area contributed by atoms with Crippen LogP contribution in [0.15, 0.2) is 34.0 Å². The van der Waals surface area contributed by atoms with Gasteiger partial charge < -0.3 is 191 Å². The highest BCUT2D eigenvalue weighted by molar-refractivity contribution is 7.10. The molecule has 24 aliphatic rings. The first-order chi connectivity index (χ1) is 50.2. The van der Waals surface area contributed by atoms with Crippen molar-refractivity contribution < 1.29 is 173 Å². The molecule has 1 aromatic carbocycles. The number of carbonyl (C=O) groups excluding carboxylic acids is 2. The molecule has 0 spiro atoms. The summed E-state index contributed by atoms with van der Waals surface area (Å²) in [5, 5.41) is 231. The number of nitrogens with one attached hydrogen (secondary N) is 3. The van der Waals surface area contributed by atoms with Gasteiger partial charge in [-0.05, 0) is 24.6 Å². The van der Waals surface area contributed by atoms with Crippen molar-refractivity contribution in [2.24, 2.45) is 16.5 Å². The second-order valence-corrected chi connectivity index (χ2v) is 28.1. The van der Waals surface area contributed by atoms with Gasteiger partial charge in [0.1, 0.15) is 186 Å². The zero-order chi connectivity index (χ0) is 75.1. The van der Waals surface area contributed by atoms with Crippen LogP contribution in [0.5, 0.6) is 0 Å². The van der Waals surface area contributed by atoms with Gasteiger partial charge in [0, 0.05) is 35.1 Å². The Labute approximate surface area is 601 Å². The summed E-state index contributed by atoms with van der Waals surface area (Å²) in [6.07, 6.45) is -73.9. The number of nitrogens with two attached hydrogens (primary N) is 2. The van der Waals surface area contributed by atoms with Gasteiger partial charge in [0.05, 0.1) is 57.9 Å². The van der Waals surface area contributed by atoms with Gasteiger partial charge in [-0.1, -0.05) is 0 Å². The molecule has 24 aliphatic heterocycles. The highest BCUT2D eigenvalue weighted by Gasteiger charge is 2.60. The van der Waals surface area contributed by atoms with E-state index >= 15 is 0 Å². The first-order valence-electron chi connectivity index (χ1n) is 33.4. The Hall–Kier alpha value is -4.83. The van der Waals surface area contributed by atoms with E-state index in [-0.39, 0.29) is 36.1 Å². The minimum Gasteiger partial charge on any atom is -0.394 e. The number of guanidine groups is 1. The van der Waals surface area contributed by atoms with Crippen LogP contribution in [0.1, 0.15) is 43.8 Å². The third kappa shape index (κ3) is 16.9. The molecule has 22 bridgehead atoms. The van der Waals surface area contributed by atoms with Crippen LogP contribution in [0.3, 0.4) is 0 Å². The van der Waals surface area contributed by atoms with Crippen LogP contribution in [-0.4, -0.2) is 379 Å². The predicted octanol–water partition coefficient (Wildman–Crippen LogP) is -11.8. The first-order valence-corrected chi connectivity index (χ1v) is 35.1. The molecule has 21 fully saturated rings. The van der Waals surface area contributed by atoms with Gasteiger partial charge in [-0.2, -0.15) is 0 Å². The third-order valence-corrected chi connectivity index (χ3v) is 20.9. The number of hydrogen-bond donors (Lipinski definition) is 24. The minimum atomic E-state index is -2.31. The number of ketones is 1. The molecular weight excluding hydrogens is 1460 g/mol. The molecule has 27 rings (SSSR count). The molecule has 3 aromatic rings. The standard InChI is InChI=1S/C60H86N8O35S2/c61-60(62)66-18-4-16-3-17(5-18)64-8-30-68-20(15-105-30)52(89)65-6-23-46-32(76)39(83)54(91-23)100-48-25(10-70)95-58(43(87)36(48)80)101-49-26(11-71)92-55(40(84)33(49)77)97-45-22(2-1-21(74)19-14-104-29(67-19)7-63-16)90-53(38(82)31(45)75)99-47-24(9-69)94-57(42(86)35(47)79)103-51-28(13-73)96-59(44(88)37(51)81)102-50-27(12-72)93-56(98-46)41(85)34(50)78/h3-5,14-15,22-28,31-51,53-59,63-64,69-73,75-88H,1-2,6-13H2,(H,65,89)(H4,61,62,66)/t22?,23?,24?,25?,26?,27?,28?,31?,32?,33?,34?,35?,36?,37?,38?,39?,40?,41?,42?,43?,44?,45-,46-,47-,48-,49-,50-,51-,53-,54-,55-,56-,57-,58-,59-/m1/s1. The second kappa shape index (κ2) is 34.2. The molecule has 43 nitrogen and oxygen atoms in total. The smallest absolute Gasteiger partial charge is 0.270 e. The maximum atomic E-state index is 14.2. The summed E-state index contributed by atoms with van der Waals surface area (Å²) in [7, 11) is 0. The Morgan fingerprint density at radius 2 is 0.705 bits per heavy atom. The summed E-state index contributed by atoms with van der Waals surface area (Å²) in [4.78, 5) is 41.4. The molecule has 1 amide bonds. The number of benzene rings is 1. The first kappa shape index (κ1) is 79.7. The normalized spacial score (nSPS) is 44.8. The molecule has 45 heteroatoms. The Balaban J connectivity index is 0.923. The van der Waals surface area contributed by atoms with E-state index in [9.17, 15) is 107 Å². The Morgan fingerprint density at radius 1 is 0.400 bits per heavy atom.